The van der Waals surface area contributed by atoms with Gasteiger partial charge in [0.15, 0.2) is 5.84 Å². The summed E-state index contributed by atoms with van der Waals surface area (Å²) in [4.78, 5) is 2.15. The maximum atomic E-state index is 8.58. The van der Waals surface area contributed by atoms with E-state index in [1.807, 2.05) is 17.8 Å². The normalized spacial score (nSPS) is 12.6. The van der Waals surface area contributed by atoms with Crippen LogP contribution in [0, 0.1) is 0 Å². The maximum absolute atomic E-state index is 8.58. The lowest BCUT2D eigenvalue weighted by Gasteiger charge is -2.25. The standard InChI is InChI=1S/C11H21N5O/c1-9(2)16(8-11(12)14-17)7-5-10-4-6-13-15(10)3/h4,6,9,17H,5,7-8H2,1-3H3,(H2,12,14). The molecule has 0 saturated heterocycles. The van der Waals surface area contributed by atoms with Gasteiger partial charge < -0.3 is 10.9 Å². The predicted molar refractivity (Wildman–Crippen MR) is 67.0 cm³/mol. The molecular formula is C11H21N5O. The molecular weight excluding hydrogens is 218 g/mol. The van der Waals surface area contributed by atoms with Crippen molar-refractivity contribution < 1.29 is 5.21 Å². The van der Waals surface area contributed by atoms with Crippen molar-refractivity contribution >= 4 is 5.84 Å². The third-order valence-electron chi connectivity index (χ3n) is 2.80. The lowest BCUT2D eigenvalue weighted by molar-refractivity contribution is 0.248. The van der Waals surface area contributed by atoms with Crippen LogP contribution in [-0.2, 0) is 13.5 Å². The summed E-state index contributed by atoms with van der Waals surface area (Å²) >= 11 is 0. The lowest BCUT2D eigenvalue weighted by Crippen LogP contribution is -2.40. The highest BCUT2D eigenvalue weighted by Gasteiger charge is 2.12. The van der Waals surface area contributed by atoms with E-state index in [9.17, 15) is 0 Å². The minimum atomic E-state index is 0.240. The highest BCUT2D eigenvalue weighted by atomic mass is 16.4. The Morgan fingerprint density at radius 2 is 2.35 bits per heavy atom. The summed E-state index contributed by atoms with van der Waals surface area (Å²) < 4.78 is 1.86. The number of oxime groups is 1. The van der Waals surface area contributed by atoms with Crippen LogP contribution in [0.3, 0.4) is 0 Å². The monoisotopic (exact) mass is 239 g/mol. The van der Waals surface area contributed by atoms with Crippen molar-refractivity contribution in [2.45, 2.75) is 26.3 Å². The molecule has 0 aliphatic carbocycles. The fourth-order valence-corrected chi connectivity index (χ4v) is 1.66. The number of nitrogens with two attached hydrogens (primary N) is 1. The smallest absolute Gasteiger partial charge is 0.153 e. The Hall–Kier alpha value is -1.56. The first-order valence-electron chi connectivity index (χ1n) is 5.72. The van der Waals surface area contributed by atoms with Crippen molar-refractivity contribution in [2.24, 2.45) is 17.9 Å². The van der Waals surface area contributed by atoms with Gasteiger partial charge in [0.1, 0.15) is 0 Å². The van der Waals surface area contributed by atoms with E-state index in [1.54, 1.807) is 6.20 Å². The van der Waals surface area contributed by atoms with Gasteiger partial charge in [0.25, 0.3) is 0 Å². The molecule has 17 heavy (non-hydrogen) atoms. The van der Waals surface area contributed by atoms with Crippen LogP contribution >= 0.6 is 0 Å². The van der Waals surface area contributed by atoms with Crippen LogP contribution in [-0.4, -0.2) is 44.9 Å². The first-order chi connectivity index (χ1) is 8.04. The Kier molecular flexibility index (Phi) is 4.96. The molecule has 96 valence electrons. The Morgan fingerprint density at radius 3 is 2.82 bits per heavy atom. The highest BCUT2D eigenvalue weighted by molar-refractivity contribution is 5.81. The Balaban J connectivity index is 2.53. The number of amidine groups is 1. The van der Waals surface area contributed by atoms with Crippen molar-refractivity contribution in [3.8, 4) is 0 Å². The number of nitrogens with zero attached hydrogens (tertiary/aromatic N) is 4. The van der Waals surface area contributed by atoms with E-state index in [4.69, 9.17) is 10.9 Å². The molecule has 3 N–H and O–H groups in total. The van der Waals surface area contributed by atoms with Gasteiger partial charge in [-0.3, -0.25) is 9.58 Å². The minimum absolute atomic E-state index is 0.240. The van der Waals surface area contributed by atoms with Crippen LogP contribution in [0.2, 0.25) is 0 Å². The van der Waals surface area contributed by atoms with Gasteiger partial charge >= 0.3 is 0 Å². The molecule has 0 amide bonds. The molecule has 0 unspecified atom stereocenters. The van der Waals surface area contributed by atoms with E-state index in [2.05, 4.69) is 29.0 Å². The van der Waals surface area contributed by atoms with E-state index in [1.165, 1.54) is 5.69 Å². The number of aryl methyl sites for hydroxylation is 1. The third-order valence-corrected chi connectivity index (χ3v) is 2.80. The van der Waals surface area contributed by atoms with Gasteiger partial charge in [0.05, 0.1) is 6.54 Å². The van der Waals surface area contributed by atoms with Gasteiger partial charge in [0.2, 0.25) is 0 Å². The predicted octanol–water partition coefficient (Wildman–Crippen LogP) is 0.419. The van der Waals surface area contributed by atoms with Crippen molar-refractivity contribution in [1.29, 1.82) is 0 Å². The summed E-state index contributed by atoms with van der Waals surface area (Å²) in [7, 11) is 1.93. The number of aromatic nitrogens is 2. The second kappa shape index (κ2) is 6.24. The Bertz CT molecular complexity index is 372. The molecule has 0 aliphatic rings. The van der Waals surface area contributed by atoms with E-state index >= 15 is 0 Å². The zero-order chi connectivity index (χ0) is 12.8. The fraction of sp³-hybridized carbons (Fsp3) is 0.636. The highest BCUT2D eigenvalue weighted by Crippen LogP contribution is 2.03. The SMILES string of the molecule is CC(C)N(CCc1ccnn1C)CC(N)=NO. The molecule has 1 rings (SSSR count). The molecule has 6 heteroatoms. The summed E-state index contributed by atoms with van der Waals surface area (Å²) in [5.41, 5.74) is 6.71. The van der Waals surface area contributed by atoms with Gasteiger partial charge in [-0.05, 0) is 19.9 Å². The van der Waals surface area contributed by atoms with Gasteiger partial charge in [-0.2, -0.15) is 5.10 Å². The molecule has 0 aliphatic heterocycles. The van der Waals surface area contributed by atoms with Crippen molar-refractivity contribution in [3.63, 3.8) is 0 Å². The van der Waals surface area contributed by atoms with Gasteiger partial charge in [-0.1, -0.05) is 5.16 Å². The zero-order valence-corrected chi connectivity index (χ0v) is 10.7. The zero-order valence-electron chi connectivity index (χ0n) is 10.7. The van der Waals surface area contributed by atoms with Crippen LogP contribution in [0.4, 0.5) is 0 Å². The lowest BCUT2D eigenvalue weighted by atomic mass is 10.2. The Morgan fingerprint density at radius 1 is 1.65 bits per heavy atom. The molecule has 1 heterocycles. The van der Waals surface area contributed by atoms with E-state index in [0.29, 0.717) is 12.6 Å². The van der Waals surface area contributed by atoms with Crippen LogP contribution in [0.1, 0.15) is 19.5 Å². The Labute approximate surface area is 102 Å². The summed E-state index contributed by atoms with van der Waals surface area (Å²) in [5, 5.41) is 15.7. The molecule has 0 radical (unpaired) electrons. The molecule has 0 bridgehead atoms. The molecule has 0 atom stereocenters. The molecule has 1 aromatic rings. The van der Waals surface area contributed by atoms with E-state index in [0.717, 1.165) is 13.0 Å². The number of hydrogen-bond acceptors (Lipinski definition) is 4. The van der Waals surface area contributed by atoms with Crippen molar-refractivity contribution in [1.82, 2.24) is 14.7 Å². The van der Waals surface area contributed by atoms with Crippen LogP contribution in [0.25, 0.3) is 0 Å². The second-order valence-electron chi connectivity index (χ2n) is 4.35. The number of rotatable bonds is 6. The van der Waals surface area contributed by atoms with Gasteiger partial charge in [-0.15, -0.1) is 0 Å². The van der Waals surface area contributed by atoms with Crippen molar-refractivity contribution in [3.05, 3.63) is 18.0 Å². The summed E-state index contributed by atoms with van der Waals surface area (Å²) in [6, 6.07) is 2.35. The largest absolute Gasteiger partial charge is 0.409 e. The van der Waals surface area contributed by atoms with Crippen molar-refractivity contribution in [2.75, 3.05) is 13.1 Å². The van der Waals surface area contributed by atoms with Crippen LogP contribution < -0.4 is 5.73 Å². The van der Waals surface area contributed by atoms with Gasteiger partial charge in [0, 0.05) is 37.9 Å². The van der Waals surface area contributed by atoms with Crippen LogP contribution in [0.5, 0.6) is 0 Å². The first kappa shape index (κ1) is 13.5. The maximum Gasteiger partial charge on any atom is 0.153 e. The average molecular weight is 239 g/mol. The quantitative estimate of drug-likeness (QED) is 0.326. The van der Waals surface area contributed by atoms with Gasteiger partial charge in [-0.25, -0.2) is 0 Å². The summed E-state index contributed by atoms with van der Waals surface area (Å²) in [6.45, 7) is 5.52. The minimum Gasteiger partial charge on any atom is -0.409 e. The molecule has 1 aromatic heterocycles. The fourth-order valence-electron chi connectivity index (χ4n) is 1.66. The molecule has 0 fully saturated rings. The second-order valence-corrected chi connectivity index (χ2v) is 4.35. The molecule has 0 saturated carbocycles. The molecule has 6 nitrogen and oxygen atoms in total. The number of hydrogen-bond donors (Lipinski definition) is 2. The topological polar surface area (TPSA) is 79.7 Å². The van der Waals surface area contributed by atoms with Crippen LogP contribution in [0.15, 0.2) is 17.4 Å². The summed E-state index contributed by atoms with van der Waals surface area (Å²) in [6.07, 6.45) is 2.69. The van der Waals surface area contributed by atoms with E-state index in [-0.39, 0.29) is 5.84 Å². The average Bonchev–Trinajstić information content (AvgIpc) is 2.69. The molecule has 0 aromatic carbocycles. The van der Waals surface area contributed by atoms with E-state index < -0.39 is 0 Å². The summed E-state index contributed by atoms with van der Waals surface area (Å²) in [5.74, 6) is 0.240. The third kappa shape index (κ3) is 4.07. The molecule has 0 spiro atoms. The first-order valence-corrected chi connectivity index (χ1v) is 5.72.